The molecule has 1 aromatic rings. The fourth-order valence-electron chi connectivity index (χ4n) is 2.59. The van der Waals surface area contributed by atoms with E-state index in [1.165, 1.54) is 7.11 Å². The van der Waals surface area contributed by atoms with E-state index >= 15 is 0 Å². The maximum absolute atomic E-state index is 11.4. The molecule has 18 heavy (non-hydrogen) atoms. The zero-order valence-electron chi connectivity index (χ0n) is 10.2. The SMILES string of the molecule is COC(=O)c1nccc(N2CC3COCC3C2)n1. The third-order valence-corrected chi connectivity index (χ3v) is 3.57. The summed E-state index contributed by atoms with van der Waals surface area (Å²) >= 11 is 0. The third-order valence-electron chi connectivity index (χ3n) is 3.57. The zero-order valence-corrected chi connectivity index (χ0v) is 10.2. The Morgan fingerprint density at radius 1 is 1.44 bits per heavy atom. The maximum Gasteiger partial charge on any atom is 0.376 e. The van der Waals surface area contributed by atoms with E-state index < -0.39 is 5.97 Å². The van der Waals surface area contributed by atoms with Crippen LogP contribution in [0.3, 0.4) is 0 Å². The highest BCUT2D eigenvalue weighted by Gasteiger charge is 2.37. The summed E-state index contributed by atoms with van der Waals surface area (Å²) in [6.07, 6.45) is 1.60. The predicted molar refractivity (Wildman–Crippen MR) is 63.4 cm³/mol. The smallest absolute Gasteiger partial charge is 0.376 e. The van der Waals surface area contributed by atoms with Crippen LogP contribution in [0.2, 0.25) is 0 Å². The highest BCUT2D eigenvalue weighted by atomic mass is 16.5. The van der Waals surface area contributed by atoms with Gasteiger partial charge in [0.05, 0.1) is 20.3 Å². The van der Waals surface area contributed by atoms with Gasteiger partial charge in [0.15, 0.2) is 0 Å². The minimum absolute atomic E-state index is 0.114. The van der Waals surface area contributed by atoms with Gasteiger partial charge in [-0.1, -0.05) is 0 Å². The monoisotopic (exact) mass is 249 g/mol. The molecule has 0 aromatic carbocycles. The van der Waals surface area contributed by atoms with Crippen LogP contribution >= 0.6 is 0 Å². The van der Waals surface area contributed by atoms with E-state index in [0.717, 1.165) is 32.1 Å². The molecule has 96 valence electrons. The molecule has 0 aliphatic carbocycles. The van der Waals surface area contributed by atoms with Crippen molar-refractivity contribution >= 4 is 11.8 Å². The summed E-state index contributed by atoms with van der Waals surface area (Å²) in [6.45, 7) is 3.52. The van der Waals surface area contributed by atoms with Crippen LogP contribution in [0, 0.1) is 11.8 Å². The summed E-state index contributed by atoms with van der Waals surface area (Å²) in [5.41, 5.74) is 0. The minimum atomic E-state index is -0.500. The van der Waals surface area contributed by atoms with Gasteiger partial charge in [-0.05, 0) is 6.07 Å². The van der Waals surface area contributed by atoms with Crippen molar-refractivity contribution in [2.24, 2.45) is 11.8 Å². The van der Waals surface area contributed by atoms with Crippen molar-refractivity contribution in [1.29, 1.82) is 0 Å². The molecule has 2 aliphatic rings. The van der Waals surface area contributed by atoms with Gasteiger partial charge in [-0.3, -0.25) is 0 Å². The summed E-state index contributed by atoms with van der Waals surface area (Å²) in [5.74, 6) is 1.57. The van der Waals surface area contributed by atoms with Crippen molar-refractivity contribution in [3.63, 3.8) is 0 Å². The number of fused-ring (bicyclic) bond motifs is 1. The molecule has 2 unspecified atom stereocenters. The molecule has 2 aliphatic heterocycles. The van der Waals surface area contributed by atoms with Gasteiger partial charge in [-0.15, -0.1) is 0 Å². The predicted octanol–water partition coefficient (Wildman–Crippen LogP) is 0.346. The van der Waals surface area contributed by atoms with Crippen molar-refractivity contribution in [2.45, 2.75) is 0 Å². The Morgan fingerprint density at radius 3 is 2.83 bits per heavy atom. The van der Waals surface area contributed by atoms with Gasteiger partial charge < -0.3 is 14.4 Å². The topological polar surface area (TPSA) is 64.5 Å². The minimum Gasteiger partial charge on any atom is -0.463 e. The second kappa shape index (κ2) is 4.53. The van der Waals surface area contributed by atoms with Crippen LogP contribution in [0.25, 0.3) is 0 Å². The van der Waals surface area contributed by atoms with Gasteiger partial charge in [0.25, 0.3) is 0 Å². The molecule has 6 heteroatoms. The van der Waals surface area contributed by atoms with Crippen molar-refractivity contribution < 1.29 is 14.3 Å². The number of methoxy groups -OCH3 is 1. The van der Waals surface area contributed by atoms with Crippen molar-refractivity contribution in [2.75, 3.05) is 38.3 Å². The van der Waals surface area contributed by atoms with E-state index in [2.05, 4.69) is 19.6 Å². The molecule has 3 rings (SSSR count). The van der Waals surface area contributed by atoms with Gasteiger partial charge in [-0.2, -0.15) is 0 Å². The van der Waals surface area contributed by atoms with Crippen molar-refractivity contribution in [1.82, 2.24) is 9.97 Å². The average Bonchev–Trinajstić information content (AvgIpc) is 2.98. The van der Waals surface area contributed by atoms with Crippen LogP contribution in [0.5, 0.6) is 0 Å². The lowest BCUT2D eigenvalue weighted by Gasteiger charge is -2.18. The molecule has 2 fully saturated rings. The molecule has 0 radical (unpaired) electrons. The lowest BCUT2D eigenvalue weighted by Crippen LogP contribution is -2.24. The molecule has 2 saturated heterocycles. The highest BCUT2D eigenvalue weighted by Crippen LogP contribution is 2.31. The molecule has 0 amide bonds. The summed E-state index contributed by atoms with van der Waals surface area (Å²) in [4.78, 5) is 21.7. The van der Waals surface area contributed by atoms with Crippen LogP contribution in [0.1, 0.15) is 10.6 Å². The van der Waals surface area contributed by atoms with E-state index in [9.17, 15) is 4.79 Å². The fourth-order valence-corrected chi connectivity index (χ4v) is 2.59. The molecule has 0 bridgehead atoms. The number of rotatable bonds is 2. The molecule has 0 spiro atoms. The van der Waals surface area contributed by atoms with Crippen molar-refractivity contribution in [3.05, 3.63) is 18.1 Å². The Balaban J connectivity index is 1.79. The number of carbonyl (C=O) groups excluding carboxylic acids is 1. The first kappa shape index (κ1) is 11.4. The van der Waals surface area contributed by atoms with Gasteiger partial charge in [-0.25, -0.2) is 14.8 Å². The van der Waals surface area contributed by atoms with Gasteiger partial charge in [0.1, 0.15) is 5.82 Å². The lowest BCUT2D eigenvalue weighted by atomic mass is 10.0. The largest absolute Gasteiger partial charge is 0.463 e. The molecule has 0 saturated carbocycles. The lowest BCUT2D eigenvalue weighted by molar-refractivity contribution is 0.0586. The van der Waals surface area contributed by atoms with Gasteiger partial charge in [0, 0.05) is 31.1 Å². The Labute approximate surface area is 105 Å². The number of ether oxygens (including phenoxy) is 2. The van der Waals surface area contributed by atoms with Gasteiger partial charge in [0.2, 0.25) is 5.82 Å². The number of carbonyl (C=O) groups is 1. The molecule has 2 atom stereocenters. The van der Waals surface area contributed by atoms with Crippen LogP contribution in [-0.4, -0.2) is 49.4 Å². The normalized spacial score (nSPS) is 26.2. The number of esters is 1. The zero-order chi connectivity index (χ0) is 12.5. The second-order valence-electron chi connectivity index (χ2n) is 4.69. The molecule has 3 heterocycles. The molecule has 1 aromatic heterocycles. The van der Waals surface area contributed by atoms with E-state index in [1.54, 1.807) is 6.20 Å². The second-order valence-corrected chi connectivity index (χ2v) is 4.69. The number of nitrogens with zero attached hydrogens (tertiary/aromatic N) is 3. The molecule has 0 N–H and O–H groups in total. The summed E-state index contributed by atoms with van der Waals surface area (Å²) in [7, 11) is 1.33. The van der Waals surface area contributed by atoms with Crippen LogP contribution in [0.4, 0.5) is 5.82 Å². The summed E-state index contributed by atoms with van der Waals surface area (Å²) < 4.78 is 10.1. The Bertz CT molecular complexity index is 454. The average molecular weight is 249 g/mol. The summed E-state index contributed by atoms with van der Waals surface area (Å²) in [6, 6.07) is 1.83. The number of hydrogen-bond acceptors (Lipinski definition) is 6. The van der Waals surface area contributed by atoms with E-state index in [4.69, 9.17) is 4.74 Å². The van der Waals surface area contributed by atoms with Gasteiger partial charge >= 0.3 is 5.97 Å². The quantitative estimate of drug-likeness (QED) is 0.704. The summed E-state index contributed by atoms with van der Waals surface area (Å²) in [5, 5.41) is 0. The highest BCUT2D eigenvalue weighted by molar-refractivity contribution is 5.85. The molecular formula is C12H15N3O3. The first-order valence-electron chi connectivity index (χ1n) is 6.02. The molecule has 6 nitrogen and oxygen atoms in total. The van der Waals surface area contributed by atoms with Crippen LogP contribution in [-0.2, 0) is 9.47 Å². The van der Waals surface area contributed by atoms with E-state index in [-0.39, 0.29) is 5.82 Å². The maximum atomic E-state index is 11.4. The fraction of sp³-hybridized carbons (Fsp3) is 0.583. The van der Waals surface area contributed by atoms with E-state index in [0.29, 0.717) is 11.8 Å². The third kappa shape index (κ3) is 1.92. The van der Waals surface area contributed by atoms with Crippen molar-refractivity contribution in [3.8, 4) is 0 Å². The Morgan fingerprint density at radius 2 is 2.17 bits per heavy atom. The van der Waals surface area contributed by atoms with Crippen LogP contribution in [0.15, 0.2) is 12.3 Å². The number of hydrogen-bond donors (Lipinski definition) is 0. The standard InChI is InChI=1S/C12H15N3O3/c1-17-12(16)11-13-3-2-10(14-11)15-4-8-6-18-7-9(8)5-15/h2-3,8-9H,4-7H2,1H3. The van der Waals surface area contributed by atoms with E-state index in [1.807, 2.05) is 6.07 Å². The molecular weight excluding hydrogens is 234 g/mol. The number of aromatic nitrogens is 2. The Kier molecular flexibility index (Phi) is 2.87. The van der Waals surface area contributed by atoms with Crippen LogP contribution < -0.4 is 4.90 Å². The first-order chi connectivity index (χ1) is 8.78. The number of anilines is 1. The first-order valence-corrected chi connectivity index (χ1v) is 6.02. The Hall–Kier alpha value is -1.69.